The fourth-order valence-electron chi connectivity index (χ4n) is 3.85. The van der Waals surface area contributed by atoms with Gasteiger partial charge in [0.25, 0.3) is 0 Å². The van der Waals surface area contributed by atoms with Crippen LogP contribution in [0, 0.1) is 0 Å². The van der Waals surface area contributed by atoms with E-state index in [4.69, 9.17) is 14.2 Å². The molecular formula is C22H32N2O5. The lowest BCUT2D eigenvalue weighted by atomic mass is 9.88. The van der Waals surface area contributed by atoms with Gasteiger partial charge in [-0.15, -0.1) is 0 Å². The summed E-state index contributed by atoms with van der Waals surface area (Å²) in [5, 5.41) is 3.37. The summed E-state index contributed by atoms with van der Waals surface area (Å²) in [5.41, 5.74) is 1.07. The van der Waals surface area contributed by atoms with Gasteiger partial charge < -0.3 is 24.4 Å². The number of methoxy groups -OCH3 is 1. The molecule has 2 aliphatic heterocycles. The molecule has 0 radical (unpaired) electrons. The van der Waals surface area contributed by atoms with Crippen LogP contribution in [-0.4, -0.2) is 62.0 Å². The molecule has 7 heteroatoms. The van der Waals surface area contributed by atoms with E-state index in [1.165, 1.54) is 7.11 Å². The van der Waals surface area contributed by atoms with Crippen LogP contribution in [0.3, 0.4) is 0 Å². The largest absolute Gasteiger partial charge is 0.488 e. The number of amides is 1. The second-order valence-electron chi connectivity index (χ2n) is 8.72. The predicted molar refractivity (Wildman–Crippen MR) is 109 cm³/mol. The maximum absolute atomic E-state index is 12.3. The van der Waals surface area contributed by atoms with Crippen molar-refractivity contribution in [1.29, 1.82) is 0 Å². The van der Waals surface area contributed by atoms with Gasteiger partial charge in [-0.1, -0.05) is 0 Å². The van der Waals surface area contributed by atoms with Crippen LogP contribution in [0.25, 0.3) is 0 Å². The number of piperidine rings is 1. The van der Waals surface area contributed by atoms with Crippen LogP contribution in [0.2, 0.25) is 0 Å². The summed E-state index contributed by atoms with van der Waals surface area (Å²) in [7, 11) is 1.39. The van der Waals surface area contributed by atoms with E-state index >= 15 is 0 Å². The minimum Gasteiger partial charge on any atom is -0.488 e. The Morgan fingerprint density at radius 2 is 1.86 bits per heavy atom. The molecular weight excluding hydrogens is 372 g/mol. The summed E-state index contributed by atoms with van der Waals surface area (Å²) in [5.74, 6) is 0.781. The molecule has 0 aliphatic carbocycles. The van der Waals surface area contributed by atoms with E-state index in [1.807, 2.05) is 32.9 Å². The number of hydrogen-bond acceptors (Lipinski definition) is 6. The smallest absolute Gasteiger partial charge is 0.410 e. The lowest BCUT2D eigenvalue weighted by Gasteiger charge is -2.27. The summed E-state index contributed by atoms with van der Waals surface area (Å²) < 4.78 is 16.7. The molecule has 1 N–H and O–H groups in total. The summed E-state index contributed by atoms with van der Waals surface area (Å²) in [6.45, 7) is 8.60. The zero-order valence-electron chi connectivity index (χ0n) is 17.8. The van der Waals surface area contributed by atoms with Crippen LogP contribution < -0.4 is 10.1 Å². The van der Waals surface area contributed by atoms with Crippen molar-refractivity contribution in [3.8, 4) is 5.75 Å². The van der Waals surface area contributed by atoms with Gasteiger partial charge >= 0.3 is 12.1 Å². The molecule has 0 aromatic heterocycles. The molecule has 1 amide bonds. The lowest BCUT2D eigenvalue weighted by Crippen LogP contribution is -2.36. The Bertz CT molecular complexity index is 737. The molecule has 2 fully saturated rings. The monoisotopic (exact) mass is 404 g/mol. The number of likely N-dealkylation sites (tertiary alicyclic amines) is 1. The predicted octanol–water partition coefficient (Wildman–Crippen LogP) is 3.33. The summed E-state index contributed by atoms with van der Waals surface area (Å²) in [6.07, 6.45) is 2.35. The van der Waals surface area contributed by atoms with Gasteiger partial charge in [-0.05, 0) is 76.4 Å². The number of esters is 1. The van der Waals surface area contributed by atoms with Crippen molar-refractivity contribution in [2.75, 3.05) is 33.3 Å². The third-order valence-electron chi connectivity index (χ3n) is 5.30. The van der Waals surface area contributed by atoms with E-state index < -0.39 is 5.60 Å². The van der Waals surface area contributed by atoms with Crippen LogP contribution >= 0.6 is 0 Å². The molecule has 29 heavy (non-hydrogen) atoms. The number of benzene rings is 1. The van der Waals surface area contributed by atoms with Gasteiger partial charge in [-0.3, -0.25) is 0 Å². The van der Waals surface area contributed by atoms with E-state index in [1.54, 1.807) is 11.0 Å². The van der Waals surface area contributed by atoms with Crippen LogP contribution in [0.15, 0.2) is 18.2 Å². The highest BCUT2D eigenvalue weighted by atomic mass is 16.6. The Balaban J connectivity index is 1.73. The highest BCUT2D eigenvalue weighted by Gasteiger charge is 2.32. The second kappa shape index (κ2) is 9.03. The summed E-state index contributed by atoms with van der Waals surface area (Å²) in [6, 6.07) is 5.50. The minimum atomic E-state index is -0.512. The van der Waals surface area contributed by atoms with Crippen molar-refractivity contribution in [1.82, 2.24) is 10.2 Å². The molecule has 2 heterocycles. The highest BCUT2D eigenvalue weighted by molar-refractivity contribution is 5.89. The highest BCUT2D eigenvalue weighted by Crippen LogP contribution is 2.35. The van der Waals surface area contributed by atoms with E-state index in [0.717, 1.165) is 43.7 Å². The number of nitrogens with one attached hydrogen (secondary N) is 1. The SMILES string of the molecule is COC(=O)c1ccc(O[C@H]2CCN(C(=O)OC(C)(C)C)C2)c(C2CCNCC2)c1. The van der Waals surface area contributed by atoms with Crippen LogP contribution in [0.1, 0.15) is 61.9 Å². The maximum Gasteiger partial charge on any atom is 0.410 e. The van der Waals surface area contributed by atoms with Crippen molar-refractivity contribution in [3.63, 3.8) is 0 Å². The third kappa shape index (κ3) is 5.63. The molecule has 0 spiro atoms. The van der Waals surface area contributed by atoms with E-state index in [0.29, 0.717) is 24.6 Å². The molecule has 3 rings (SSSR count). The van der Waals surface area contributed by atoms with Gasteiger partial charge in [0.1, 0.15) is 17.5 Å². The van der Waals surface area contributed by atoms with Gasteiger partial charge in [-0.2, -0.15) is 0 Å². The Morgan fingerprint density at radius 1 is 1.14 bits per heavy atom. The van der Waals surface area contributed by atoms with Crippen LogP contribution in [0.5, 0.6) is 5.75 Å². The Labute approximate surface area is 172 Å². The van der Waals surface area contributed by atoms with Gasteiger partial charge in [-0.25, -0.2) is 9.59 Å². The number of nitrogens with zero attached hydrogens (tertiary/aromatic N) is 1. The molecule has 2 saturated heterocycles. The van der Waals surface area contributed by atoms with E-state index in [9.17, 15) is 9.59 Å². The first kappa shape index (κ1) is 21.4. The van der Waals surface area contributed by atoms with Crippen LogP contribution in [0.4, 0.5) is 4.79 Å². The first-order valence-electron chi connectivity index (χ1n) is 10.3. The third-order valence-corrected chi connectivity index (χ3v) is 5.30. The van der Waals surface area contributed by atoms with Crippen molar-refractivity contribution >= 4 is 12.1 Å². The number of carbonyl (C=O) groups excluding carboxylic acids is 2. The Morgan fingerprint density at radius 3 is 2.52 bits per heavy atom. The first-order valence-corrected chi connectivity index (χ1v) is 10.3. The van der Waals surface area contributed by atoms with Crippen molar-refractivity contribution in [2.45, 2.75) is 57.7 Å². The molecule has 0 unspecified atom stereocenters. The van der Waals surface area contributed by atoms with E-state index in [2.05, 4.69) is 5.32 Å². The fourth-order valence-corrected chi connectivity index (χ4v) is 3.85. The zero-order valence-corrected chi connectivity index (χ0v) is 17.8. The molecule has 1 aromatic carbocycles. The normalized spacial score (nSPS) is 20.4. The van der Waals surface area contributed by atoms with Gasteiger partial charge in [0.05, 0.1) is 19.2 Å². The summed E-state index contributed by atoms with van der Waals surface area (Å²) >= 11 is 0. The molecule has 2 aliphatic rings. The Kier molecular flexibility index (Phi) is 6.67. The molecule has 7 nitrogen and oxygen atoms in total. The maximum atomic E-state index is 12.3. The number of hydrogen-bond donors (Lipinski definition) is 1. The quantitative estimate of drug-likeness (QED) is 0.776. The molecule has 1 aromatic rings. The lowest BCUT2D eigenvalue weighted by molar-refractivity contribution is 0.0275. The van der Waals surface area contributed by atoms with E-state index in [-0.39, 0.29) is 18.2 Å². The number of rotatable bonds is 4. The number of ether oxygens (including phenoxy) is 3. The second-order valence-corrected chi connectivity index (χ2v) is 8.72. The standard InChI is InChI=1S/C22H32N2O5/c1-22(2,3)29-21(26)24-12-9-17(14-24)28-19-6-5-16(20(25)27-4)13-18(19)15-7-10-23-11-8-15/h5-6,13,15,17,23H,7-12,14H2,1-4H3/t17-/m0/s1. The summed E-state index contributed by atoms with van der Waals surface area (Å²) in [4.78, 5) is 26.0. The molecule has 1 atom stereocenters. The Hall–Kier alpha value is -2.28. The first-order chi connectivity index (χ1) is 13.8. The van der Waals surface area contributed by atoms with Gasteiger partial charge in [0, 0.05) is 13.0 Å². The van der Waals surface area contributed by atoms with Crippen LogP contribution in [-0.2, 0) is 9.47 Å². The molecule has 0 saturated carbocycles. The average Bonchev–Trinajstić information content (AvgIpc) is 3.16. The van der Waals surface area contributed by atoms with Crippen molar-refractivity contribution in [3.05, 3.63) is 29.3 Å². The average molecular weight is 405 g/mol. The van der Waals surface area contributed by atoms with Gasteiger partial charge in [0.15, 0.2) is 0 Å². The van der Waals surface area contributed by atoms with Crippen molar-refractivity contribution in [2.24, 2.45) is 0 Å². The zero-order chi connectivity index (χ0) is 21.0. The van der Waals surface area contributed by atoms with Crippen molar-refractivity contribution < 1.29 is 23.8 Å². The topological polar surface area (TPSA) is 77.1 Å². The minimum absolute atomic E-state index is 0.0908. The number of carbonyl (C=O) groups is 2. The van der Waals surface area contributed by atoms with Gasteiger partial charge in [0.2, 0.25) is 0 Å². The molecule has 0 bridgehead atoms. The molecule has 160 valence electrons. The fraction of sp³-hybridized carbons (Fsp3) is 0.636.